The first-order valence-corrected chi connectivity index (χ1v) is 6.70. The lowest BCUT2D eigenvalue weighted by atomic mass is 9.74. The third-order valence-corrected chi connectivity index (χ3v) is 3.97. The fourth-order valence-corrected chi connectivity index (χ4v) is 2.63. The maximum absolute atomic E-state index is 12.7. The van der Waals surface area contributed by atoms with Crippen LogP contribution in [0.1, 0.15) is 32.1 Å². The molecular weight excluding hydrogens is 275 g/mol. The molecule has 0 radical (unpaired) electrons. The highest BCUT2D eigenvalue weighted by Crippen LogP contribution is 2.35. The van der Waals surface area contributed by atoms with E-state index in [9.17, 15) is 18.3 Å². The number of oxime groups is 1. The zero-order chi connectivity index (χ0) is 15.2. The molecule has 8 heteroatoms. The van der Waals surface area contributed by atoms with Gasteiger partial charge in [-0.1, -0.05) is 24.4 Å². The Morgan fingerprint density at radius 3 is 2.35 bits per heavy atom. The van der Waals surface area contributed by atoms with E-state index in [4.69, 9.17) is 10.9 Å². The Bertz CT molecular complexity index is 328. The van der Waals surface area contributed by atoms with E-state index in [1.54, 1.807) is 0 Å². The predicted molar refractivity (Wildman–Crippen MR) is 68.4 cm³/mol. The summed E-state index contributed by atoms with van der Waals surface area (Å²) >= 11 is 0. The lowest BCUT2D eigenvalue weighted by Gasteiger charge is -2.36. The summed E-state index contributed by atoms with van der Waals surface area (Å²) in [5, 5.41) is 23.0. The maximum atomic E-state index is 12.7. The highest BCUT2D eigenvalue weighted by Gasteiger charge is 2.43. The molecule has 1 aliphatic carbocycles. The van der Waals surface area contributed by atoms with Gasteiger partial charge in [0.2, 0.25) is 0 Å². The van der Waals surface area contributed by atoms with Crippen molar-refractivity contribution in [3.05, 3.63) is 0 Å². The number of rotatable bonds is 6. The minimum atomic E-state index is -4.57. The summed E-state index contributed by atoms with van der Waals surface area (Å²) < 4.78 is 38.2. The smallest absolute Gasteiger partial charge is 0.400 e. The van der Waals surface area contributed by atoms with Gasteiger partial charge in [0.05, 0.1) is 0 Å². The van der Waals surface area contributed by atoms with Gasteiger partial charge < -0.3 is 21.4 Å². The van der Waals surface area contributed by atoms with Crippen LogP contribution >= 0.6 is 0 Å². The molecule has 1 atom stereocenters. The van der Waals surface area contributed by atoms with Crippen LogP contribution < -0.4 is 11.1 Å². The monoisotopic (exact) mass is 297 g/mol. The minimum Gasteiger partial charge on any atom is -0.409 e. The van der Waals surface area contributed by atoms with E-state index in [0.29, 0.717) is 6.54 Å². The number of aliphatic hydroxyl groups is 1. The summed E-state index contributed by atoms with van der Waals surface area (Å²) in [7, 11) is 0. The number of nitrogens with one attached hydrogen (secondary N) is 1. The van der Waals surface area contributed by atoms with Gasteiger partial charge in [0.1, 0.15) is 5.92 Å². The predicted octanol–water partition coefficient (Wildman–Crippen LogP) is 1.44. The van der Waals surface area contributed by atoms with Crippen LogP contribution in [-0.2, 0) is 0 Å². The summed E-state index contributed by atoms with van der Waals surface area (Å²) in [6.07, 6.45) is 0.0865. The molecule has 0 saturated heterocycles. The number of nitrogens with two attached hydrogens (primary N) is 1. The first-order valence-electron chi connectivity index (χ1n) is 6.70. The fourth-order valence-electron chi connectivity index (χ4n) is 2.63. The largest absolute Gasteiger partial charge is 0.409 e. The molecule has 0 amide bonds. The van der Waals surface area contributed by atoms with E-state index >= 15 is 0 Å². The number of halogens is 3. The number of nitrogens with zero attached hydrogens (tertiary/aromatic N) is 1. The number of amidine groups is 1. The molecule has 1 fully saturated rings. The number of hydrogen-bond donors (Lipinski definition) is 4. The van der Waals surface area contributed by atoms with Crippen molar-refractivity contribution in [2.75, 3.05) is 19.7 Å². The van der Waals surface area contributed by atoms with Gasteiger partial charge in [-0.2, -0.15) is 13.2 Å². The summed E-state index contributed by atoms with van der Waals surface area (Å²) in [5.74, 6) is -2.88. The van der Waals surface area contributed by atoms with Crippen LogP contribution in [0.5, 0.6) is 0 Å². The van der Waals surface area contributed by atoms with Gasteiger partial charge >= 0.3 is 6.18 Å². The van der Waals surface area contributed by atoms with Crippen LogP contribution in [0.3, 0.4) is 0 Å². The molecule has 1 rings (SSSR count). The third kappa shape index (κ3) is 4.52. The SMILES string of the molecule is NC(=NO)C(CNCC1(CO)CCCCC1)C(F)(F)F. The molecule has 0 bridgehead atoms. The van der Waals surface area contributed by atoms with Crippen molar-refractivity contribution >= 4 is 5.84 Å². The molecule has 0 aliphatic heterocycles. The van der Waals surface area contributed by atoms with Gasteiger partial charge in [-0.05, 0) is 12.8 Å². The normalized spacial score (nSPS) is 21.7. The molecule has 0 heterocycles. The third-order valence-electron chi connectivity index (χ3n) is 3.97. The fraction of sp³-hybridized carbons (Fsp3) is 0.917. The topological polar surface area (TPSA) is 90.9 Å². The Labute approximate surface area is 116 Å². The lowest BCUT2D eigenvalue weighted by Crippen LogP contribution is -2.46. The molecular formula is C12H22F3N3O2. The lowest BCUT2D eigenvalue weighted by molar-refractivity contribution is -0.155. The van der Waals surface area contributed by atoms with Crippen LogP contribution in [0.15, 0.2) is 5.16 Å². The highest BCUT2D eigenvalue weighted by atomic mass is 19.4. The standard InChI is InChI=1S/C12H22F3N3O2/c13-12(14,15)9(10(16)18-20)6-17-7-11(8-19)4-2-1-3-5-11/h9,17,19-20H,1-8H2,(H2,16,18). The molecule has 5 N–H and O–H groups in total. The Morgan fingerprint density at radius 2 is 1.90 bits per heavy atom. The van der Waals surface area contributed by atoms with Gasteiger partial charge in [-0.3, -0.25) is 0 Å². The van der Waals surface area contributed by atoms with E-state index in [1.807, 2.05) is 0 Å². The van der Waals surface area contributed by atoms with Crippen LogP contribution in [-0.4, -0.2) is 42.0 Å². The first-order chi connectivity index (χ1) is 9.34. The Balaban J connectivity index is 2.55. The van der Waals surface area contributed by atoms with E-state index < -0.39 is 24.5 Å². The molecule has 5 nitrogen and oxygen atoms in total. The van der Waals surface area contributed by atoms with E-state index in [0.717, 1.165) is 32.1 Å². The molecule has 0 aromatic carbocycles. The van der Waals surface area contributed by atoms with Gasteiger partial charge in [-0.25, -0.2) is 0 Å². The second-order valence-electron chi connectivity index (χ2n) is 5.47. The second kappa shape index (κ2) is 7.12. The van der Waals surface area contributed by atoms with Gasteiger partial charge in [0.25, 0.3) is 0 Å². The van der Waals surface area contributed by atoms with Crippen molar-refractivity contribution in [2.24, 2.45) is 22.2 Å². The molecule has 1 aliphatic rings. The summed E-state index contributed by atoms with van der Waals surface area (Å²) in [6, 6.07) is 0. The Morgan fingerprint density at radius 1 is 1.30 bits per heavy atom. The zero-order valence-electron chi connectivity index (χ0n) is 11.3. The zero-order valence-corrected chi connectivity index (χ0v) is 11.3. The van der Waals surface area contributed by atoms with Crippen molar-refractivity contribution in [3.63, 3.8) is 0 Å². The van der Waals surface area contributed by atoms with Crippen molar-refractivity contribution in [3.8, 4) is 0 Å². The molecule has 0 spiro atoms. The summed E-state index contributed by atoms with van der Waals surface area (Å²) in [5.41, 5.74) is 4.73. The second-order valence-corrected chi connectivity index (χ2v) is 5.47. The maximum Gasteiger partial charge on any atom is 0.400 e. The molecule has 0 aromatic heterocycles. The Hall–Kier alpha value is -1.02. The van der Waals surface area contributed by atoms with Crippen molar-refractivity contribution < 1.29 is 23.5 Å². The van der Waals surface area contributed by atoms with E-state index in [2.05, 4.69) is 10.5 Å². The molecule has 118 valence electrons. The first kappa shape index (κ1) is 17.0. The average Bonchev–Trinajstić information content (AvgIpc) is 2.42. The van der Waals surface area contributed by atoms with E-state index in [-0.39, 0.29) is 12.0 Å². The highest BCUT2D eigenvalue weighted by molar-refractivity contribution is 5.83. The number of alkyl halides is 3. The van der Waals surface area contributed by atoms with Crippen LogP contribution in [0.25, 0.3) is 0 Å². The van der Waals surface area contributed by atoms with Gasteiger partial charge in [0.15, 0.2) is 5.84 Å². The van der Waals surface area contributed by atoms with Gasteiger partial charge in [0, 0.05) is 25.1 Å². The Kier molecular flexibility index (Phi) is 6.07. The summed E-state index contributed by atoms with van der Waals surface area (Å²) in [4.78, 5) is 0. The average molecular weight is 297 g/mol. The molecule has 0 aromatic rings. The van der Waals surface area contributed by atoms with Crippen LogP contribution in [0, 0.1) is 11.3 Å². The van der Waals surface area contributed by atoms with Crippen LogP contribution in [0.2, 0.25) is 0 Å². The molecule has 20 heavy (non-hydrogen) atoms. The minimum absolute atomic E-state index is 0.0414. The van der Waals surface area contributed by atoms with E-state index in [1.165, 1.54) is 0 Å². The molecule has 1 unspecified atom stereocenters. The van der Waals surface area contributed by atoms with Crippen molar-refractivity contribution in [2.45, 2.75) is 38.3 Å². The van der Waals surface area contributed by atoms with Crippen molar-refractivity contribution in [1.82, 2.24) is 5.32 Å². The summed E-state index contributed by atoms with van der Waals surface area (Å²) in [6.45, 7) is -0.198. The quantitative estimate of drug-likeness (QED) is 0.258. The van der Waals surface area contributed by atoms with Crippen molar-refractivity contribution in [1.29, 1.82) is 0 Å². The van der Waals surface area contributed by atoms with Gasteiger partial charge in [-0.15, -0.1) is 0 Å². The molecule has 1 saturated carbocycles. The number of hydrogen-bond acceptors (Lipinski definition) is 4. The van der Waals surface area contributed by atoms with Crippen LogP contribution in [0.4, 0.5) is 13.2 Å². The number of aliphatic hydroxyl groups excluding tert-OH is 1.